The van der Waals surface area contributed by atoms with Crippen molar-refractivity contribution in [1.29, 1.82) is 0 Å². The van der Waals surface area contributed by atoms with Crippen molar-refractivity contribution in [3.8, 4) is 0 Å². The summed E-state index contributed by atoms with van der Waals surface area (Å²) in [6.45, 7) is 1.83. The average Bonchev–Trinajstić information content (AvgIpc) is 3.27. The second kappa shape index (κ2) is 20.9. The lowest BCUT2D eigenvalue weighted by molar-refractivity contribution is -0.120. The number of allylic oxidation sites excluding steroid dienone is 1. The van der Waals surface area contributed by atoms with Gasteiger partial charge in [0.1, 0.15) is 17.3 Å². The molecule has 7 heteroatoms. The largest absolute Gasteiger partial charge is 0.398 e. The molecule has 2 aromatic heterocycles. The molecule has 1 atom stereocenters. The van der Waals surface area contributed by atoms with E-state index in [-0.39, 0.29) is 35.5 Å². The van der Waals surface area contributed by atoms with Gasteiger partial charge in [0.15, 0.2) is 11.6 Å². The number of aromatic nitrogens is 2. The molecule has 2 N–H and O–H groups in total. The molecule has 0 saturated carbocycles. The summed E-state index contributed by atoms with van der Waals surface area (Å²) >= 11 is 0. The van der Waals surface area contributed by atoms with Crippen molar-refractivity contribution in [2.45, 2.75) is 51.4 Å². The molecule has 5 aromatic carbocycles. The molecule has 7 aromatic rings. The quantitative estimate of drug-likeness (QED) is 0.0589. The third kappa shape index (κ3) is 12.4. The smallest absolute Gasteiger partial charge is 0.185 e. The van der Waals surface area contributed by atoms with E-state index in [9.17, 15) is 19.2 Å². The average molecular weight is 778 g/mol. The van der Waals surface area contributed by atoms with Crippen LogP contribution in [-0.4, -0.2) is 33.1 Å². The highest BCUT2D eigenvalue weighted by Gasteiger charge is 2.21. The highest BCUT2D eigenvalue weighted by molar-refractivity contribution is 5.96. The molecule has 0 amide bonds. The van der Waals surface area contributed by atoms with Crippen LogP contribution in [0, 0.1) is 0 Å². The van der Waals surface area contributed by atoms with Crippen LogP contribution in [0.15, 0.2) is 170 Å². The molecule has 0 spiro atoms. The van der Waals surface area contributed by atoms with Gasteiger partial charge >= 0.3 is 0 Å². The van der Waals surface area contributed by atoms with Crippen molar-refractivity contribution in [2.24, 2.45) is 0 Å². The molecule has 7 rings (SSSR count). The zero-order chi connectivity index (χ0) is 41.4. The Kier molecular flexibility index (Phi) is 14.7. The van der Waals surface area contributed by atoms with E-state index in [1.54, 1.807) is 42.7 Å². The number of Topliss-reactive ketones (excluding diaryl/α,β-unsaturated/α-hetero) is 3. The molecule has 0 aliphatic carbocycles. The Morgan fingerprint density at radius 3 is 1.92 bits per heavy atom. The zero-order valence-corrected chi connectivity index (χ0v) is 33.2. The number of carbonyl (C=O) groups is 4. The third-order valence-electron chi connectivity index (χ3n) is 10.0. The molecule has 59 heavy (non-hydrogen) atoms. The van der Waals surface area contributed by atoms with Gasteiger partial charge in [0.2, 0.25) is 0 Å². The Balaban J connectivity index is 0.000000199. The van der Waals surface area contributed by atoms with E-state index in [0.29, 0.717) is 49.2 Å². The summed E-state index contributed by atoms with van der Waals surface area (Å²) < 4.78 is 0. The second-order valence-electron chi connectivity index (χ2n) is 14.5. The van der Waals surface area contributed by atoms with Gasteiger partial charge in [-0.2, -0.15) is 0 Å². The van der Waals surface area contributed by atoms with E-state index in [2.05, 4.69) is 34.2 Å². The summed E-state index contributed by atoms with van der Waals surface area (Å²) in [7, 11) is 0. The molecule has 1 unspecified atom stereocenters. The number of hydrogen-bond donors (Lipinski definition) is 1. The van der Waals surface area contributed by atoms with Crippen molar-refractivity contribution < 1.29 is 19.2 Å². The van der Waals surface area contributed by atoms with Gasteiger partial charge in [-0.1, -0.05) is 140 Å². The Labute approximate surface area is 345 Å². The first-order valence-electron chi connectivity index (χ1n) is 19.8. The maximum atomic E-state index is 13.2. The normalized spacial score (nSPS) is 11.4. The van der Waals surface area contributed by atoms with Crippen molar-refractivity contribution in [2.75, 3.05) is 5.73 Å². The van der Waals surface area contributed by atoms with Crippen LogP contribution in [0.1, 0.15) is 68.8 Å². The van der Waals surface area contributed by atoms with Crippen LogP contribution >= 0.6 is 0 Å². The molecule has 0 fully saturated rings. The van der Waals surface area contributed by atoms with Crippen LogP contribution in [0.3, 0.4) is 0 Å². The van der Waals surface area contributed by atoms with Gasteiger partial charge in [0, 0.05) is 56.1 Å². The van der Waals surface area contributed by atoms with E-state index < -0.39 is 0 Å². The number of para-hydroxylation sites is 1. The number of anilines is 1. The summed E-state index contributed by atoms with van der Waals surface area (Å²) in [6, 6.07) is 48.8. The first-order valence-corrected chi connectivity index (χ1v) is 19.8. The SMILES string of the molecule is CCC(=O)/C=C/c1ccc(CC(=O)C(Cc2ccccc2)c2ccccc2)cn1.Nc1ccccc1CC(=O)c1ccc(CC(=O)Cc2ccc3ccccc3c2)cn1. The van der Waals surface area contributed by atoms with Crippen LogP contribution < -0.4 is 5.73 Å². The van der Waals surface area contributed by atoms with Crippen LogP contribution in [0.4, 0.5) is 5.69 Å². The Bertz CT molecular complexity index is 2530. The molecule has 294 valence electrons. The van der Waals surface area contributed by atoms with Crippen LogP contribution in [-0.2, 0) is 46.5 Å². The predicted molar refractivity (Wildman–Crippen MR) is 236 cm³/mol. The van der Waals surface area contributed by atoms with Crippen molar-refractivity contribution in [3.05, 3.63) is 215 Å². The molecule has 0 radical (unpaired) electrons. The number of fused-ring (bicyclic) bond motifs is 1. The molecule has 0 aliphatic rings. The molecule has 0 saturated heterocycles. The topological polar surface area (TPSA) is 120 Å². The maximum Gasteiger partial charge on any atom is 0.185 e. The Morgan fingerprint density at radius 2 is 1.22 bits per heavy atom. The summed E-state index contributed by atoms with van der Waals surface area (Å²) in [5.74, 6) is 0.0643. The van der Waals surface area contributed by atoms with Gasteiger partial charge in [-0.05, 0) is 80.9 Å². The molecule has 7 nitrogen and oxygen atoms in total. The molecule has 2 heterocycles. The minimum Gasteiger partial charge on any atom is -0.398 e. The van der Waals surface area contributed by atoms with E-state index in [0.717, 1.165) is 44.2 Å². The summed E-state index contributed by atoms with van der Waals surface area (Å²) in [6.07, 6.45) is 8.94. The monoisotopic (exact) mass is 777 g/mol. The molecule has 0 aliphatic heterocycles. The number of benzene rings is 5. The highest BCUT2D eigenvalue weighted by Crippen LogP contribution is 2.24. The molecular formula is C52H47N3O4. The van der Waals surface area contributed by atoms with E-state index in [4.69, 9.17) is 5.73 Å². The van der Waals surface area contributed by atoms with Gasteiger partial charge in [-0.15, -0.1) is 0 Å². The summed E-state index contributed by atoms with van der Waals surface area (Å²) in [5.41, 5.74) is 13.3. The second-order valence-corrected chi connectivity index (χ2v) is 14.5. The van der Waals surface area contributed by atoms with E-state index >= 15 is 0 Å². The highest BCUT2D eigenvalue weighted by atomic mass is 16.1. The van der Waals surface area contributed by atoms with E-state index in [1.807, 2.05) is 116 Å². The lowest BCUT2D eigenvalue weighted by Crippen LogP contribution is -2.17. The first kappa shape index (κ1) is 41.5. The fourth-order valence-corrected chi connectivity index (χ4v) is 6.73. The van der Waals surface area contributed by atoms with Gasteiger partial charge in [-0.25, -0.2) is 0 Å². The van der Waals surface area contributed by atoms with Crippen LogP contribution in [0.5, 0.6) is 0 Å². The van der Waals surface area contributed by atoms with Crippen LogP contribution in [0.25, 0.3) is 16.8 Å². The van der Waals surface area contributed by atoms with Crippen molar-refractivity contribution in [3.63, 3.8) is 0 Å². The van der Waals surface area contributed by atoms with Gasteiger partial charge < -0.3 is 5.73 Å². The number of carbonyl (C=O) groups excluding carboxylic acids is 4. The summed E-state index contributed by atoms with van der Waals surface area (Å²) in [4.78, 5) is 58.2. The van der Waals surface area contributed by atoms with Crippen LogP contribution in [0.2, 0.25) is 0 Å². The minimum absolute atomic E-state index is 0.0673. The lowest BCUT2D eigenvalue weighted by atomic mass is 9.86. The summed E-state index contributed by atoms with van der Waals surface area (Å²) in [5, 5.41) is 2.29. The number of pyridine rings is 2. The lowest BCUT2D eigenvalue weighted by Gasteiger charge is -2.17. The van der Waals surface area contributed by atoms with Gasteiger partial charge in [0.05, 0.1) is 5.69 Å². The Hall–Kier alpha value is -7.12. The Morgan fingerprint density at radius 1 is 0.593 bits per heavy atom. The number of ketones is 4. The fraction of sp³-hybridized carbons (Fsp3) is 0.154. The first-order chi connectivity index (χ1) is 28.7. The van der Waals surface area contributed by atoms with Crippen molar-refractivity contribution >= 4 is 45.7 Å². The van der Waals surface area contributed by atoms with Gasteiger partial charge in [0.25, 0.3) is 0 Å². The maximum absolute atomic E-state index is 13.2. The standard InChI is InChI=1S/C26H22N2O2.C26H25NO2/c27-24-8-4-3-7-22(24)16-26(30)25-12-10-19(17-28-25)15-23(29)14-18-9-11-20-5-1-2-6-21(20)13-18;1-2-24(28)16-15-23-14-13-21(19-27-23)18-26(29)25(22-11-7-4-8-12-22)17-20-9-5-3-6-10-20/h1-13,17H,14-16,27H2;3-16,19,25H,2,17-18H2,1H3/b;16-15+. The number of nitrogens with zero attached hydrogens (tertiary/aromatic N) is 2. The number of hydrogen-bond acceptors (Lipinski definition) is 7. The number of rotatable bonds is 16. The zero-order valence-electron chi connectivity index (χ0n) is 33.2. The third-order valence-corrected chi connectivity index (χ3v) is 10.0. The predicted octanol–water partition coefficient (Wildman–Crippen LogP) is 9.81. The number of nitrogen functional groups attached to an aromatic ring is 1. The molecule has 0 bridgehead atoms. The van der Waals surface area contributed by atoms with E-state index in [1.165, 1.54) is 0 Å². The fourth-order valence-electron chi connectivity index (χ4n) is 6.73. The minimum atomic E-state index is -0.194. The molecular weight excluding hydrogens is 731 g/mol. The number of nitrogens with two attached hydrogens (primary N) is 1. The van der Waals surface area contributed by atoms with Crippen molar-refractivity contribution in [1.82, 2.24) is 9.97 Å². The van der Waals surface area contributed by atoms with Gasteiger partial charge in [-0.3, -0.25) is 29.1 Å².